The zero-order valence-electron chi connectivity index (χ0n) is 11.3. The fraction of sp³-hybridized carbons (Fsp3) is 0.125. The van der Waals surface area contributed by atoms with E-state index in [0.717, 1.165) is 32.4 Å². The zero-order chi connectivity index (χ0) is 14.4. The van der Waals surface area contributed by atoms with Gasteiger partial charge < -0.3 is 0 Å². The minimum atomic E-state index is 0.739. The van der Waals surface area contributed by atoms with Crippen LogP contribution in [-0.2, 0) is 0 Å². The molecule has 0 amide bonds. The second kappa shape index (κ2) is 6.85. The van der Waals surface area contributed by atoms with Gasteiger partial charge in [0.1, 0.15) is 5.03 Å². The molecule has 0 N–H and O–H groups in total. The molecular weight excluding hydrogens is 266 g/mol. The molecule has 0 saturated heterocycles. The molecule has 3 nitrogen and oxygen atoms in total. The van der Waals surface area contributed by atoms with E-state index in [1.165, 1.54) is 11.8 Å². The first-order chi connectivity index (χ1) is 9.74. The van der Waals surface area contributed by atoms with E-state index < -0.39 is 0 Å². The molecule has 1 aliphatic rings. The summed E-state index contributed by atoms with van der Waals surface area (Å²) in [7, 11) is 1.75. The molecule has 0 saturated carbocycles. The van der Waals surface area contributed by atoms with Crippen LogP contribution in [0, 0.1) is 0 Å². The average molecular weight is 281 g/mol. The zero-order valence-corrected chi connectivity index (χ0v) is 12.2. The Morgan fingerprint density at radius 2 is 2.30 bits per heavy atom. The number of hydrogen-bond donors (Lipinski definition) is 0. The maximum Gasteiger partial charge on any atom is 0.116 e. The third kappa shape index (κ3) is 3.44. The van der Waals surface area contributed by atoms with E-state index in [1.54, 1.807) is 13.2 Å². The van der Waals surface area contributed by atoms with Crippen molar-refractivity contribution in [3.63, 3.8) is 0 Å². The van der Waals surface area contributed by atoms with Crippen LogP contribution in [0.3, 0.4) is 0 Å². The largest absolute Gasteiger partial charge is 0.296 e. The minimum Gasteiger partial charge on any atom is -0.296 e. The van der Waals surface area contributed by atoms with Gasteiger partial charge in [0, 0.05) is 41.4 Å². The number of fused-ring (bicyclic) bond motifs is 1. The van der Waals surface area contributed by atoms with Crippen LogP contribution < -0.4 is 10.4 Å². The molecule has 0 fully saturated rings. The lowest BCUT2D eigenvalue weighted by Gasteiger charge is -2.04. The predicted octanol–water partition coefficient (Wildman–Crippen LogP) is 2.06. The Hall–Kier alpha value is -2.16. The molecule has 0 aliphatic carbocycles. The van der Waals surface area contributed by atoms with E-state index in [0.29, 0.717) is 0 Å². The first kappa shape index (κ1) is 14.3. The third-order valence-electron chi connectivity index (χ3n) is 2.71. The molecule has 0 atom stereocenters. The highest BCUT2D eigenvalue weighted by Crippen LogP contribution is 2.29. The second-order valence-corrected chi connectivity index (χ2v) is 5.23. The van der Waals surface area contributed by atoms with Gasteiger partial charge in [-0.3, -0.25) is 9.98 Å². The van der Waals surface area contributed by atoms with Gasteiger partial charge in [-0.25, -0.2) is 0 Å². The van der Waals surface area contributed by atoms with Crippen LogP contribution in [0.25, 0.3) is 12.2 Å². The summed E-state index contributed by atoms with van der Waals surface area (Å²) < 4.78 is 0. The van der Waals surface area contributed by atoms with Crippen LogP contribution >= 0.6 is 11.8 Å². The molecule has 1 aromatic rings. The quantitative estimate of drug-likeness (QED) is 0.778. The summed E-state index contributed by atoms with van der Waals surface area (Å²) in [5, 5.41) is 3.01. The van der Waals surface area contributed by atoms with Crippen LogP contribution in [0.4, 0.5) is 0 Å². The molecule has 2 rings (SSSR count). The average Bonchev–Trinajstić information content (AvgIpc) is 2.49. The lowest BCUT2D eigenvalue weighted by molar-refractivity contribution is 1.26. The Labute approximate surface area is 122 Å². The van der Waals surface area contributed by atoms with E-state index in [2.05, 4.69) is 40.1 Å². The highest BCUT2D eigenvalue weighted by Gasteiger charge is 2.07. The Morgan fingerprint density at radius 3 is 3.05 bits per heavy atom. The van der Waals surface area contributed by atoms with Crippen molar-refractivity contribution in [1.82, 2.24) is 4.98 Å². The summed E-state index contributed by atoms with van der Waals surface area (Å²) in [4.78, 5) is 13.4. The van der Waals surface area contributed by atoms with Gasteiger partial charge in [-0.2, -0.15) is 4.99 Å². The third-order valence-corrected chi connectivity index (χ3v) is 3.64. The fourth-order valence-corrected chi connectivity index (χ4v) is 2.67. The molecular formula is C16H15N3S. The van der Waals surface area contributed by atoms with Crippen molar-refractivity contribution in [3.8, 4) is 0 Å². The van der Waals surface area contributed by atoms with Crippen molar-refractivity contribution in [2.45, 2.75) is 6.42 Å². The van der Waals surface area contributed by atoms with E-state index in [9.17, 15) is 0 Å². The Kier molecular flexibility index (Phi) is 4.88. The molecule has 0 unspecified atom stereocenters. The summed E-state index contributed by atoms with van der Waals surface area (Å²) in [6.07, 6.45) is 10.3. The van der Waals surface area contributed by atoms with Gasteiger partial charge >= 0.3 is 0 Å². The van der Waals surface area contributed by atoms with Crippen LogP contribution in [0.5, 0.6) is 0 Å². The van der Waals surface area contributed by atoms with Crippen LogP contribution in [-0.4, -0.2) is 24.1 Å². The van der Waals surface area contributed by atoms with Crippen molar-refractivity contribution in [2.24, 2.45) is 9.98 Å². The first-order valence-corrected chi connectivity index (χ1v) is 6.93. The van der Waals surface area contributed by atoms with Crippen molar-refractivity contribution in [1.29, 1.82) is 0 Å². The van der Waals surface area contributed by atoms with Gasteiger partial charge in [0.05, 0.1) is 0 Å². The minimum absolute atomic E-state index is 0.739. The molecule has 2 heterocycles. The van der Waals surface area contributed by atoms with Crippen LogP contribution in [0.15, 0.2) is 57.1 Å². The molecule has 4 heteroatoms. The molecule has 0 spiro atoms. The van der Waals surface area contributed by atoms with Crippen molar-refractivity contribution >= 4 is 36.0 Å². The molecule has 1 aliphatic heterocycles. The highest BCUT2D eigenvalue weighted by molar-refractivity contribution is 8.07. The number of thioether (sulfide) groups is 1. The van der Waals surface area contributed by atoms with Crippen molar-refractivity contribution in [2.75, 3.05) is 7.05 Å². The Morgan fingerprint density at radius 1 is 1.45 bits per heavy atom. The fourth-order valence-electron chi connectivity index (χ4n) is 1.85. The molecule has 1 aromatic heterocycles. The first-order valence-electron chi connectivity index (χ1n) is 6.11. The molecule has 100 valence electrons. The summed E-state index contributed by atoms with van der Waals surface area (Å²) in [5.74, 6) is 2.59. The molecule has 0 radical (unpaired) electrons. The maximum absolute atomic E-state index is 4.21. The van der Waals surface area contributed by atoms with Crippen molar-refractivity contribution < 1.29 is 0 Å². The summed E-state index contributed by atoms with van der Waals surface area (Å²) in [6, 6.07) is 1.99. The summed E-state index contributed by atoms with van der Waals surface area (Å²) in [5.41, 5.74) is 1.02. The lowest BCUT2D eigenvalue weighted by atomic mass is 10.1. The van der Waals surface area contributed by atoms with Crippen molar-refractivity contribution in [3.05, 3.63) is 57.6 Å². The Balaban J connectivity index is 2.64. The van der Waals surface area contributed by atoms with Gasteiger partial charge in [0.15, 0.2) is 0 Å². The Bertz CT molecular complexity index is 750. The van der Waals surface area contributed by atoms with E-state index in [-0.39, 0.29) is 0 Å². The predicted molar refractivity (Wildman–Crippen MR) is 88.3 cm³/mol. The highest BCUT2D eigenvalue weighted by atomic mass is 32.2. The van der Waals surface area contributed by atoms with Crippen LogP contribution in [0.2, 0.25) is 0 Å². The number of hydrogen-bond acceptors (Lipinski definition) is 4. The number of allylic oxidation sites excluding steroid dienone is 2. The monoisotopic (exact) mass is 281 g/mol. The SMILES string of the molecule is C=C=N/C1=C(\C=N/C)C/C=c2/ccnc/c2=C/C(=C)S1. The number of aliphatic imine (C=N–C) groups is 2. The van der Waals surface area contributed by atoms with Gasteiger partial charge in [-0.15, -0.1) is 0 Å². The molecule has 20 heavy (non-hydrogen) atoms. The molecule has 0 aromatic carbocycles. The van der Waals surface area contributed by atoms with E-state index >= 15 is 0 Å². The van der Waals surface area contributed by atoms with E-state index in [1.807, 2.05) is 24.6 Å². The summed E-state index contributed by atoms with van der Waals surface area (Å²) >= 11 is 1.49. The number of rotatable bonds is 2. The second-order valence-electron chi connectivity index (χ2n) is 4.11. The maximum atomic E-state index is 4.21. The number of pyridine rings is 1. The van der Waals surface area contributed by atoms with Gasteiger partial charge in [-0.1, -0.05) is 24.4 Å². The number of aromatic nitrogens is 1. The topological polar surface area (TPSA) is 37.6 Å². The van der Waals surface area contributed by atoms with Crippen LogP contribution in [0.1, 0.15) is 6.42 Å². The van der Waals surface area contributed by atoms with Gasteiger partial charge in [0.25, 0.3) is 0 Å². The van der Waals surface area contributed by atoms with Gasteiger partial charge in [-0.05, 0) is 36.2 Å². The number of nitrogens with zero attached hydrogens (tertiary/aromatic N) is 3. The molecule has 0 bridgehead atoms. The van der Waals surface area contributed by atoms with E-state index in [4.69, 9.17) is 0 Å². The van der Waals surface area contributed by atoms with Gasteiger partial charge in [0.2, 0.25) is 0 Å². The standard InChI is InChI=1S/C16H15N3S/c1-4-19-16-14(10-17-3)6-5-13-7-8-18-11-15(13)9-12(2)20-16/h5,7-11H,1-2,6H2,3H3/b13-5-,15-9-,16-14+,17-10-. The normalized spacial score (nSPS) is 22.4. The summed E-state index contributed by atoms with van der Waals surface area (Å²) in [6.45, 7) is 7.61. The lowest BCUT2D eigenvalue weighted by Crippen LogP contribution is -2.24. The smallest absolute Gasteiger partial charge is 0.116 e.